The molecule has 1 aliphatic carbocycles. The molecule has 2 fully saturated rings. The van der Waals surface area contributed by atoms with Crippen LogP contribution in [0, 0.1) is 30.5 Å². The zero-order chi connectivity index (χ0) is 26.2. The Labute approximate surface area is 216 Å². The maximum atomic E-state index is 15.5. The van der Waals surface area contributed by atoms with E-state index in [1.807, 2.05) is 13.1 Å². The van der Waals surface area contributed by atoms with Gasteiger partial charge in [0, 0.05) is 38.3 Å². The van der Waals surface area contributed by atoms with Crippen molar-refractivity contribution in [2.75, 3.05) is 29.8 Å². The minimum atomic E-state index is -4.39. The summed E-state index contributed by atoms with van der Waals surface area (Å²) in [4.78, 5) is 12.1. The summed E-state index contributed by atoms with van der Waals surface area (Å²) in [6.45, 7) is 4.42. The molecule has 196 valence electrons. The van der Waals surface area contributed by atoms with Crippen molar-refractivity contribution in [3.05, 3.63) is 77.6 Å². The predicted octanol–water partition coefficient (Wildman–Crippen LogP) is 4.60. The first-order chi connectivity index (χ1) is 17.7. The van der Waals surface area contributed by atoms with E-state index in [0.717, 1.165) is 38.5 Å². The molecule has 3 heterocycles. The summed E-state index contributed by atoms with van der Waals surface area (Å²) in [6.07, 6.45) is 4.81. The van der Waals surface area contributed by atoms with Crippen LogP contribution in [0.1, 0.15) is 30.4 Å². The number of likely N-dealkylation sites (tertiary alicyclic amines) is 1. The van der Waals surface area contributed by atoms with E-state index < -0.39 is 26.8 Å². The Bertz CT molecular complexity index is 1360. The summed E-state index contributed by atoms with van der Waals surface area (Å²) in [5, 5.41) is -0.730. The second-order valence-corrected chi connectivity index (χ2v) is 11.7. The van der Waals surface area contributed by atoms with Crippen LogP contribution >= 0.6 is 0 Å². The molecular formula is C27H31F2N5O2S. The monoisotopic (exact) mass is 527 g/mol. The van der Waals surface area contributed by atoms with Crippen LogP contribution in [0.25, 0.3) is 0 Å². The molecule has 1 saturated carbocycles. The quantitative estimate of drug-likeness (QED) is 0.453. The summed E-state index contributed by atoms with van der Waals surface area (Å²) in [6, 6.07) is 14.4. The first-order valence-electron chi connectivity index (χ1n) is 12.5. The van der Waals surface area contributed by atoms with Gasteiger partial charge in [0.15, 0.2) is 5.82 Å². The van der Waals surface area contributed by atoms with Crippen LogP contribution < -0.4 is 9.62 Å². The van der Waals surface area contributed by atoms with Gasteiger partial charge in [-0.2, -0.15) is 12.8 Å². The molecule has 3 atom stereocenters. The lowest BCUT2D eigenvalue weighted by atomic mass is 9.72. The third-order valence-electron chi connectivity index (χ3n) is 7.59. The molecular weight excluding hydrogens is 496 g/mol. The Morgan fingerprint density at radius 3 is 2.43 bits per heavy atom. The second kappa shape index (κ2) is 10.3. The van der Waals surface area contributed by atoms with Gasteiger partial charge in [-0.1, -0.05) is 42.8 Å². The van der Waals surface area contributed by atoms with Crippen molar-refractivity contribution >= 4 is 21.5 Å². The average Bonchev–Trinajstić information content (AvgIpc) is 2.85. The molecule has 1 aromatic carbocycles. The molecule has 37 heavy (non-hydrogen) atoms. The number of benzene rings is 1. The van der Waals surface area contributed by atoms with E-state index in [2.05, 4.69) is 48.8 Å². The molecule has 0 radical (unpaired) electrons. The Morgan fingerprint density at radius 2 is 1.76 bits per heavy atom. The highest BCUT2D eigenvalue weighted by Gasteiger charge is 2.42. The van der Waals surface area contributed by atoms with Crippen molar-refractivity contribution in [2.45, 2.75) is 43.8 Å². The van der Waals surface area contributed by atoms with Crippen LogP contribution in [0.3, 0.4) is 0 Å². The number of anilines is 2. The molecule has 0 spiro atoms. The first kappa shape index (κ1) is 25.5. The molecule has 2 aromatic heterocycles. The number of sulfonamides is 1. The van der Waals surface area contributed by atoms with Crippen LogP contribution in [-0.4, -0.2) is 49.5 Å². The minimum absolute atomic E-state index is 0.217. The highest BCUT2D eigenvalue weighted by molar-refractivity contribution is 7.92. The van der Waals surface area contributed by atoms with Crippen molar-refractivity contribution < 1.29 is 17.2 Å². The van der Waals surface area contributed by atoms with Crippen molar-refractivity contribution in [3.8, 4) is 0 Å². The SMILES string of the molecule is Cc1c(N(C)[C@H]2[C@@H]3CCC[C@H]2CN(Cc2ccccc2)C3)cnc(S(=O)(=O)Nc2cccc(F)n2)c1F. The molecule has 1 saturated heterocycles. The van der Waals surface area contributed by atoms with E-state index in [9.17, 15) is 12.8 Å². The summed E-state index contributed by atoms with van der Waals surface area (Å²) in [5.74, 6) is -1.15. The number of piperidine rings is 1. The Kier molecular flexibility index (Phi) is 7.13. The third-order valence-corrected chi connectivity index (χ3v) is 8.86. The number of nitrogens with zero attached hydrogens (tertiary/aromatic N) is 4. The number of halogens is 2. The second-order valence-electron chi connectivity index (χ2n) is 10.1. The normalized spacial score (nSPS) is 22.0. The summed E-state index contributed by atoms with van der Waals surface area (Å²) in [5.41, 5.74) is 2.10. The molecule has 7 nitrogen and oxygen atoms in total. The van der Waals surface area contributed by atoms with E-state index in [-0.39, 0.29) is 17.4 Å². The maximum absolute atomic E-state index is 15.5. The zero-order valence-corrected chi connectivity index (χ0v) is 21.8. The molecule has 0 unspecified atom stereocenters. The molecule has 1 aliphatic heterocycles. The van der Waals surface area contributed by atoms with Crippen LogP contribution in [0.5, 0.6) is 0 Å². The molecule has 5 rings (SSSR count). The number of hydrogen-bond acceptors (Lipinski definition) is 6. The van der Waals surface area contributed by atoms with Gasteiger partial charge >= 0.3 is 0 Å². The van der Waals surface area contributed by atoms with Crippen molar-refractivity contribution in [1.82, 2.24) is 14.9 Å². The van der Waals surface area contributed by atoms with Gasteiger partial charge in [0.25, 0.3) is 10.0 Å². The smallest absolute Gasteiger partial charge is 0.283 e. The molecule has 1 N–H and O–H groups in total. The van der Waals surface area contributed by atoms with E-state index in [4.69, 9.17) is 0 Å². The lowest BCUT2D eigenvalue weighted by Gasteiger charge is -2.51. The third kappa shape index (κ3) is 5.31. The van der Waals surface area contributed by atoms with Gasteiger partial charge in [-0.25, -0.2) is 14.4 Å². The molecule has 3 aromatic rings. The number of nitrogens with one attached hydrogen (secondary N) is 1. The highest BCUT2D eigenvalue weighted by atomic mass is 32.2. The Balaban J connectivity index is 1.36. The van der Waals surface area contributed by atoms with Gasteiger partial charge in [-0.05, 0) is 49.3 Å². The van der Waals surface area contributed by atoms with E-state index in [1.54, 1.807) is 6.92 Å². The summed E-state index contributed by atoms with van der Waals surface area (Å²) < 4.78 is 56.6. The lowest BCUT2D eigenvalue weighted by Crippen LogP contribution is -2.57. The Hall–Kier alpha value is -3.11. The molecule has 10 heteroatoms. The minimum Gasteiger partial charge on any atom is -0.369 e. The fourth-order valence-electron chi connectivity index (χ4n) is 6.01. The van der Waals surface area contributed by atoms with Gasteiger partial charge in [0.2, 0.25) is 11.0 Å². The topological polar surface area (TPSA) is 78.4 Å². The van der Waals surface area contributed by atoms with E-state index >= 15 is 4.39 Å². The zero-order valence-electron chi connectivity index (χ0n) is 20.9. The maximum Gasteiger partial charge on any atom is 0.283 e. The standard InChI is InChI=1S/C27H31F2N5O2S/c1-18-22(14-30-27(25(18)29)37(35,36)32-24-13-7-12-23(28)31-24)33(2)26-20-10-6-11-21(26)17-34(16-20)15-19-8-4-3-5-9-19/h3-5,7-9,12-14,20-21,26H,6,10-11,15-17H2,1-2H3,(H,31,32)/t20-,21+,26+. The van der Waals surface area contributed by atoms with Gasteiger partial charge < -0.3 is 4.90 Å². The highest BCUT2D eigenvalue weighted by Crippen LogP contribution is 2.40. The van der Waals surface area contributed by atoms with Crippen molar-refractivity contribution in [1.29, 1.82) is 0 Å². The van der Waals surface area contributed by atoms with E-state index in [1.165, 1.54) is 30.3 Å². The van der Waals surface area contributed by atoms with Crippen molar-refractivity contribution in [2.24, 2.45) is 11.8 Å². The Morgan fingerprint density at radius 1 is 1.05 bits per heavy atom. The van der Waals surface area contributed by atoms with Crippen LogP contribution in [0.2, 0.25) is 0 Å². The number of pyridine rings is 2. The fraction of sp³-hybridized carbons (Fsp3) is 0.407. The van der Waals surface area contributed by atoms with Crippen LogP contribution in [-0.2, 0) is 16.6 Å². The van der Waals surface area contributed by atoms with Crippen LogP contribution in [0.15, 0.2) is 59.8 Å². The predicted molar refractivity (Wildman–Crippen MR) is 139 cm³/mol. The lowest BCUT2D eigenvalue weighted by molar-refractivity contribution is 0.0567. The van der Waals surface area contributed by atoms with Gasteiger partial charge in [-0.15, -0.1) is 0 Å². The van der Waals surface area contributed by atoms with Gasteiger partial charge in [0.05, 0.1) is 11.9 Å². The summed E-state index contributed by atoms with van der Waals surface area (Å²) >= 11 is 0. The average molecular weight is 528 g/mol. The molecule has 2 aliphatic rings. The summed E-state index contributed by atoms with van der Waals surface area (Å²) in [7, 11) is -2.44. The number of rotatable bonds is 7. The largest absolute Gasteiger partial charge is 0.369 e. The molecule has 0 amide bonds. The van der Waals surface area contributed by atoms with Gasteiger partial charge in [-0.3, -0.25) is 9.62 Å². The number of aromatic nitrogens is 2. The molecule has 2 bridgehead atoms. The number of fused-ring (bicyclic) bond motifs is 2. The van der Waals surface area contributed by atoms with Gasteiger partial charge in [0.1, 0.15) is 5.82 Å². The fourth-order valence-corrected chi connectivity index (χ4v) is 7.08. The first-order valence-corrected chi connectivity index (χ1v) is 14.0. The van der Waals surface area contributed by atoms with Crippen LogP contribution in [0.4, 0.5) is 20.3 Å². The van der Waals surface area contributed by atoms with Crippen molar-refractivity contribution in [3.63, 3.8) is 0 Å². The number of hydrogen-bond donors (Lipinski definition) is 1. The van der Waals surface area contributed by atoms with E-state index in [0.29, 0.717) is 17.5 Å².